The monoisotopic (exact) mass is 410 g/mol. The highest BCUT2D eigenvalue weighted by atomic mass is 19.4. The number of carbonyl (C=O) groups excluding carboxylic acids is 2. The van der Waals surface area contributed by atoms with Crippen LogP contribution in [0.5, 0.6) is 0 Å². The Balaban J connectivity index is 1.77. The number of amides is 2. The summed E-state index contributed by atoms with van der Waals surface area (Å²) >= 11 is 0. The zero-order chi connectivity index (χ0) is 21.2. The van der Waals surface area contributed by atoms with Crippen molar-refractivity contribution >= 4 is 11.8 Å². The Morgan fingerprint density at radius 3 is 2.31 bits per heavy atom. The Morgan fingerprint density at radius 1 is 1.00 bits per heavy atom. The lowest BCUT2D eigenvalue weighted by atomic mass is 9.94. The average Bonchev–Trinajstić information content (AvgIpc) is 2.67. The Bertz CT molecular complexity index is 927. The van der Waals surface area contributed by atoms with Crippen LogP contribution in [-0.2, 0) is 19.0 Å². The van der Waals surface area contributed by atoms with Crippen LogP contribution in [-0.4, -0.2) is 35.0 Å². The van der Waals surface area contributed by atoms with Crippen molar-refractivity contribution < 1.29 is 32.4 Å². The van der Waals surface area contributed by atoms with Crippen LogP contribution in [0.25, 0.3) is 0 Å². The van der Waals surface area contributed by atoms with Crippen LogP contribution in [0.3, 0.4) is 0 Å². The van der Waals surface area contributed by atoms with Gasteiger partial charge in [-0.25, -0.2) is 9.87 Å². The number of alkyl halides is 3. The lowest BCUT2D eigenvalue weighted by molar-refractivity contribution is -0.137. The summed E-state index contributed by atoms with van der Waals surface area (Å²) in [4.78, 5) is 25.7. The molecule has 2 N–H and O–H groups in total. The van der Waals surface area contributed by atoms with Gasteiger partial charge in [0.05, 0.1) is 5.56 Å². The summed E-state index contributed by atoms with van der Waals surface area (Å²) in [5.41, 5.74) is 1.78. The van der Waals surface area contributed by atoms with Gasteiger partial charge in [0.15, 0.2) is 0 Å². The van der Waals surface area contributed by atoms with Gasteiger partial charge in [-0.1, -0.05) is 0 Å². The number of hydrogen-bond acceptors (Lipinski definition) is 3. The lowest BCUT2D eigenvalue weighted by Gasteiger charge is -2.26. The fraction of sp³-hybridized carbons (Fsp3) is 0.300. The summed E-state index contributed by atoms with van der Waals surface area (Å²) in [7, 11) is 0. The highest BCUT2D eigenvalue weighted by molar-refractivity contribution is 5.94. The van der Waals surface area contributed by atoms with E-state index in [2.05, 4.69) is 0 Å². The summed E-state index contributed by atoms with van der Waals surface area (Å²) in [6.45, 7) is 0.534. The molecule has 0 aliphatic carbocycles. The van der Waals surface area contributed by atoms with E-state index >= 15 is 0 Å². The van der Waals surface area contributed by atoms with Gasteiger partial charge in [-0.2, -0.15) is 13.2 Å². The molecule has 0 spiro atoms. The van der Waals surface area contributed by atoms with Crippen LogP contribution in [0.15, 0.2) is 36.4 Å². The first-order chi connectivity index (χ1) is 13.7. The third-order valence-corrected chi connectivity index (χ3v) is 4.90. The fourth-order valence-electron chi connectivity index (χ4n) is 3.40. The lowest BCUT2D eigenvalue weighted by Crippen LogP contribution is -2.35. The number of hydroxylamine groups is 1. The predicted octanol–water partition coefficient (Wildman–Crippen LogP) is 3.59. The predicted molar refractivity (Wildman–Crippen MR) is 95.0 cm³/mol. The molecule has 0 unspecified atom stereocenters. The molecule has 29 heavy (non-hydrogen) atoms. The summed E-state index contributed by atoms with van der Waals surface area (Å²) in [6, 6.07) is 6.53. The maximum absolute atomic E-state index is 14.5. The molecule has 1 heterocycles. The van der Waals surface area contributed by atoms with Crippen LogP contribution in [0.1, 0.15) is 43.8 Å². The van der Waals surface area contributed by atoms with Crippen LogP contribution < -0.4 is 5.48 Å². The molecule has 154 valence electrons. The highest BCUT2D eigenvalue weighted by Crippen LogP contribution is 2.29. The van der Waals surface area contributed by atoms with Gasteiger partial charge in [-0.15, -0.1) is 0 Å². The normalized spacial score (nSPS) is 14.6. The molecule has 9 heteroatoms. The Kier molecular flexibility index (Phi) is 5.88. The quantitative estimate of drug-likeness (QED) is 0.452. The van der Waals surface area contributed by atoms with Crippen molar-refractivity contribution in [2.45, 2.75) is 25.4 Å². The van der Waals surface area contributed by atoms with E-state index in [9.17, 15) is 27.2 Å². The standard InChI is InChI=1S/C20H18F4N2O3/c21-17-11-14(18(27)25-29)10-13-2-1-8-26(9-7-16(13)17)19(28)12-3-5-15(6-4-12)20(22,23)24/h3-6,10-11,29H,1-2,7-9H2,(H,25,27). The SMILES string of the molecule is O=C(NO)c1cc(F)c2c(c1)CCCN(C(=O)c1ccc(C(F)(F)F)cc1)CC2. The van der Waals surface area contributed by atoms with Gasteiger partial charge in [0, 0.05) is 24.2 Å². The van der Waals surface area contributed by atoms with Gasteiger partial charge in [-0.05, 0) is 66.8 Å². The van der Waals surface area contributed by atoms with E-state index in [1.54, 1.807) is 0 Å². The van der Waals surface area contributed by atoms with Gasteiger partial charge in [0.2, 0.25) is 0 Å². The molecule has 1 aliphatic rings. The van der Waals surface area contributed by atoms with Crippen LogP contribution >= 0.6 is 0 Å². The summed E-state index contributed by atoms with van der Waals surface area (Å²) < 4.78 is 52.5. The van der Waals surface area contributed by atoms with Gasteiger partial charge in [-0.3, -0.25) is 14.8 Å². The maximum atomic E-state index is 14.5. The molecule has 0 atom stereocenters. The fourth-order valence-corrected chi connectivity index (χ4v) is 3.40. The number of carbonyl (C=O) groups is 2. The number of aryl methyl sites for hydroxylation is 1. The van der Waals surface area contributed by atoms with E-state index in [0.717, 1.165) is 30.3 Å². The minimum atomic E-state index is -4.48. The first-order valence-electron chi connectivity index (χ1n) is 8.93. The Hall–Kier alpha value is -2.94. The number of nitrogens with zero attached hydrogens (tertiary/aromatic N) is 1. The first-order valence-corrected chi connectivity index (χ1v) is 8.93. The highest BCUT2D eigenvalue weighted by Gasteiger charge is 2.30. The van der Waals surface area contributed by atoms with Crippen molar-refractivity contribution in [3.63, 3.8) is 0 Å². The number of rotatable bonds is 2. The maximum Gasteiger partial charge on any atom is 0.416 e. The van der Waals surface area contributed by atoms with Crippen molar-refractivity contribution in [1.29, 1.82) is 0 Å². The molecule has 2 aromatic rings. The molecule has 0 saturated heterocycles. The van der Waals surface area contributed by atoms with Crippen molar-refractivity contribution in [3.8, 4) is 0 Å². The number of benzene rings is 2. The van der Waals surface area contributed by atoms with E-state index in [1.165, 1.54) is 16.4 Å². The molecule has 0 saturated carbocycles. The van der Waals surface area contributed by atoms with Gasteiger partial charge in [0.25, 0.3) is 11.8 Å². The number of fused-ring (bicyclic) bond motifs is 1. The number of halogens is 4. The molecule has 1 aliphatic heterocycles. The second-order valence-corrected chi connectivity index (χ2v) is 6.76. The molecular weight excluding hydrogens is 392 g/mol. The van der Waals surface area contributed by atoms with E-state index in [0.29, 0.717) is 30.5 Å². The van der Waals surface area contributed by atoms with E-state index in [1.807, 2.05) is 0 Å². The van der Waals surface area contributed by atoms with E-state index in [-0.39, 0.29) is 24.1 Å². The molecular formula is C20H18F4N2O3. The van der Waals surface area contributed by atoms with E-state index in [4.69, 9.17) is 5.21 Å². The zero-order valence-electron chi connectivity index (χ0n) is 15.2. The van der Waals surface area contributed by atoms with Crippen LogP contribution in [0, 0.1) is 5.82 Å². The first kappa shape index (κ1) is 20.8. The number of nitrogens with one attached hydrogen (secondary N) is 1. The van der Waals surface area contributed by atoms with Crippen LogP contribution in [0.4, 0.5) is 17.6 Å². The van der Waals surface area contributed by atoms with Crippen molar-refractivity contribution in [2.24, 2.45) is 0 Å². The van der Waals surface area contributed by atoms with Crippen LogP contribution in [0.2, 0.25) is 0 Å². The second-order valence-electron chi connectivity index (χ2n) is 6.76. The molecule has 0 radical (unpaired) electrons. The number of hydrogen-bond donors (Lipinski definition) is 2. The smallest absolute Gasteiger partial charge is 0.338 e. The molecule has 0 fully saturated rings. The third kappa shape index (κ3) is 4.56. The summed E-state index contributed by atoms with van der Waals surface area (Å²) in [5.74, 6) is -1.84. The molecule has 0 bridgehead atoms. The second kappa shape index (κ2) is 8.20. The van der Waals surface area contributed by atoms with Gasteiger partial charge < -0.3 is 4.90 Å². The Morgan fingerprint density at radius 2 is 1.69 bits per heavy atom. The van der Waals surface area contributed by atoms with Gasteiger partial charge >= 0.3 is 6.18 Å². The summed E-state index contributed by atoms with van der Waals surface area (Å²) in [5, 5.41) is 8.72. The summed E-state index contributed by atoms with van der Waals surface area (Å²) in [6.07, 6.45) is -3.37. The average molecular weight is 410 g/mol. The topological polar surface area (TPSA) is 69.6 Å². The zero-order valence-corrected chi connectivity index (χ0v) is 15.2. The molecule has 3 rings (SSSR count). The van der Waals surface area contributed by atoms with Crippen molar-refractivity contribution in [3.05, 3.63) is 70.0 Å². The van der Waals surface area contributed by atoms with Crippen molar-refractivity contribution in [2.75, 3.05) is 13.1 Å². The van der Waals surface area contributed by atoms with Crippen molar-refractivity contribution in [1.82, 2.24) is 10.4 Å². The molecule has 5 nitrogen and oxygen atoms in total. The molecule has 2 aromatic carbocycles. The minimum Gasteiger partial charge on any atom is -0.338 e. The molecule has 0 aromatic heterocycles. The van der Waals surface area contributed by atoms with Gasteiger partial charge in [0.1, 0.15) is 5.82 Å². The third-order valence-electron chi connectivity index (χ3n) is 4.90. The minimum absolute atomic E-state index is 0.00186. The Labute approximate surface area is 163 Å². The van der Waals surface area contributed by atoms with E-state index < -0.39 is 29.4 Å². The largest absolute Gasteiger partial charge is 0.416 e. The molecule has 2 amide bonds.